The Morgan fingerprint density at radius 2 is 2.11 bits per heavy atom. The summed E-state index contributed by atoms with van der Waals surface area (Å²) in [4.78, 5) is 24.1. The predicted molar refractivity (Wildman–Crippen MR) is 74.3 cm³/mol. The molecule has 0 radical (unpaired) electrons. The fourth-order valence-corrected chi connectivity index (χ4v) is 2.92. The zero-order valence-electron chi connectivity index (χ0n) is 11.2. The van der Waals surface area contributed by atoms with Gasteiger partial charge in [-0.05, 0) is 37.3 Å². The van der Waals surface area contributed by atoms with Gasteiger partial charge in [0.15, 0.2) is 0 Å². The van der Waals surface area contributed by atoms with Gasteiger partial charge in [0, 0.05) is 10.8 Å². The molecule has 0 aliphatic heterocycles. The van der Waals surface area contributed by atoms with Gasteiger partial charge < -0.3 is 10.4 Å². The van der Waals surface area contributed by atoms with Gasteiger partial charge in [-0.1, -0.05) is 13.8 Å². The van der Waals surface area contributed by atoms with Gasteiger partial charge in [0.05, 0.1) is 6.04 Å². The van der Waals surface area contributed by atoms with E-state index in [1.165, 1.54) is 11.3 Å². The maximum absolute atomic E-state index is 11.9. The SMILES string of the molecule is CC(C)C[C@@H](NC(=O)C1CC1)c1ccc(C(=O)O)s1. The molecule has 1 saturated carbocycles. The maximum Gasteiger partial charge on any atom is 0.345 e. The summed E-state index contributed by atoms with van der Waals surface area (Å²) in [5.41, 5.74) is 0. The lowest BCUT2D eigenvalue weighted by Crippen LogP contribution is -2.30. The summed E-state index contributed by atoms with van der Waals surface area (Å²) in [6.07, 6.45) is 2.79. The van der Waals surface area contributed by atoms with Gasteiger partial charge in [-0.2, -0.15) is 0 Å². The van der Waals surface area contributed by atoms with Crippen LogP contribution in [0.2, 0.25) is 0 Å². The van der Waals surface area contributed by atoms with Crippen LogP contribution in [0, 0.1) is 11.8 Å². The molecule has 2 N–H and O–H groups in total. The summed E-state index contributed by atoms with van der Waals surface area (Å²) >= 11 is 1.25. The molecule has 0 aromatic carbocycles. The minimum Gasteiger partial charge on any atom is -0.477 e. The van der Waals surface area contributed by atoms with Crippen molar-refractivity contribution in [2.45, 2.75) is 39.2 Å². The van der Waals surface area contributed by atoms with Crippen LogP contribution in [0.5, 0.6) is 0 Å². The van der Waals surface area contributed by atoms with Crippen LogP contribution < -0.4 is 5.32 Å². The summed E-state index contributed by atoms with van der Waals surface area (Å²) in [6, 6.07) is 3.36. The van der Waals surface area contributed by atoms with E-state index in [1.807, 2.05) is 6.07 Å². The van der Waals surface area contributed by atoms with Crippen molar-refractivity contribution in [1.82, 2.24) is 5.32 Å². The summed E-state index contributed by atoms with van der Waals surface area (Å²) in [5, 5.41) is 12.0. The molecule has 1 atom stereocenters. The minimum atomic E-state index is -0.909. The van der Waals surface area contributed by atoms with E-state index < -0.39 is 5.97 Å². The zero-order valence-corrected chi connectivity index (χ0v) is 12.0. The molecule has 0 spiro atoms. The molecule has 1 aliphatic rings. The monoisotopic (exact) mass is 281 g/mol. The van der Waals surface area contributed by atoms with Crippen LogP contribution in [-0.4, -0.2) is 17.0 Å². The molecule has 4 nitrogen and oxygen atoms in total. The highest BCUT2D eigenvalue weighted by Crippen LogP contribution is 2.32. The molecule has 104 valence electrons. The van der Waals surface area contributed by atoms with Crippen molar-refractivity contribution in [2.75, 3.05) is 0 Å². The van der Waals surface area contributed by atoms with Crippen molar-refractivity contribution >= 4 is 23.2 Å². The minimum absolute atomic E-state index is 0.0637. The number of amides is 1. The van der Waals surface area contributed by atoms with E-state index in [-0.39, 0.29) is 17.9 Å². The molecule has 19 heavy (non-hydrogen) atoms. The van der Waals surface area contributed by atoms with E-state index in [1.54, 1.807) is 6.07 Å². The number of rotatable bonds is 6. The van der Waals surface area contributed by atoms with Gasteiger partial charge in [-0.3, -0.25) is 4.79 Å². The molecule has 0 saturated heterocycles. The van der Waals surface area contributed by atoms with E-state index in [9.17, 15) is 9.59 Å². The fraction of sp³-hybridized carbons (Fsp3) is 0.571. The van der Waals surface area contributed by atoms with Gasteiger partial charge >= 0.3 is 5.97 Å². The number of carbonyl (C=O) groups excluding carboxylic acids is 1. The Morgan fingerprint density at radius 1 is 1.42 bits per heavy atom. The number of carbonyl (C=O) groups is 2. The fourth-order valence-electron chi connectivity index (χ4n) is 2.01. The van der Waals surface area contributed by atoms with Crippen molar-refractivity contribution in [2.24, 2.45) is 11.8 Å². The first kappa shape index (κ1) is 14.1. The van der Waals surface area contributed by atoms with Crippen molar-refractivity contribution in [3.05, 3.63) is 21.9 Å². The molecule has 1 fully saturated rings. The molecular formula is C14H19NO3S. The smallest absolute Gasteiger partial charge is 0.345 e. The van der Waals surface area contributed by atoms with Crippen LogP contribution in [0.4, 0.5) is 0 Å². The summed E-state index contributed by atoms with van der Waals surface area (Å²) in [7, 11) is 0. The Kier molecular flexibility index (Phi) is 4.24. The molecule has 0 unspecified atom stereocenters. The summed E-state index contributed by atoms with van der Waals surface area (Å²) < 4.78 is 0. The largest absolute Gasteiger partial charge is 0.477 e. The molecule has 1 aromatic heterocycles. The van der Waals surface area contributed by atoms with Crippen LogP contribution in [0.25, 0.3) is 0 Å². The van der Waals surface area contributed by atoms with E-state index in [0.29, 0.717) is 10.8 Å². The van der Waals surface area contributed by atoms with Gasteiger partial charge in [0.2, 0.25) is 5.91 Å². The third kappa shape index (κ3) is 3.80. The topological polar surface area (TPSA) is 66.4 Å². The van der Waals surface area contributed by atoms with Gasteiger partial charge in [0.25, 0.3) is 0 Å². The standard InChI is InChI=1S/C14H19NO3S/c1-8(2)7-10(15-13(16)9-3-4-9)11-5-6-12(19-11)14(17)18/h5-6,8-10H,3-4,7H2,1-2H3,(H,15,16)(H,17,18)/t10-/m1/s1. The second-order valence-electron chi connectivity index (χ2n) is 5.47. The van der Waals surface area contributed by atoms with Crippen molar-refractivity contribution in [1.29, 1.82) is 0 Å². The summed E-state index contributed by atoms with van der Waals surface area (Å²) in [5.74, 6) is -0.183. The Morgan fingerprint density at radius 3 is 2.58 bits per heavy atom. The second-order valence-corrected chi connectivity index (χ2v) is 6.59. The lowest BCUT2D eigenvalue weighted by molar-refractivity contribution is -0.123. The zero-order chi connectivity index (χ0) is 14.0. The number of thiophene rings is 1. The summed E-state index contributed by atoms with van der Waals surface area (Å²) in [6.45, 7) is 4.20. The Bertz CT molecular complexity index is 477. The van der Waals surface area contributed by atoms with Gasteiger partial charge in [-0.15, -0.1) is 11.3 Å². The number of carboxylic acid groups (broad SMARTS) is 1. The Balaban J connectivity index is 2.10. The van der Waals surface area contributed by atoms with Gasteiger partial charge in [-0.25, -0.2) is 4.79 Å². The van der Waals surface area contributed by atoms with E-state index in [0.717, 1.165) is 24.1 Å². The lowest BCUT2D eigenvalue weighted by Gasteiger charge is -2.19. The van der Waals surface area contributed by atoms with Crippen molar-refractivity contribution in [3.63, 3.8) is 0 Å². The number of carboxylic acids is 1. The first-order valence-corrected chi connectivity index (χ1v) is 7.42. The van der Waals surface area contributed by atoms with Gasteiger partial charge in [0.1, 0.15) is 4.88 Å². The molecule has 5 heteroatoms. The molecule has 2 rings (SSSR count). The number of hydrogen-bond donors (Lipinski definition) is 2. The molecular weight excluding hydrogens is 262 g/mol. The number of nitrogens with one attached hydrogen (secondary N) is 1. The van der Waals surface area contributed by atoms with Crippen molar-refractivity contribution < 1.29 is 14.7 Å². The van der Waals surface area contributed by atoms with Crippen LogP contribution in [0.15, 0.2) is 12.1 Å². The van der Waals surface area contributed by atoms with Crippen molar-refractivity contribution in [3.8, 4) is 0 Å². The molecule has 1 aromatic rings. The first-order valence-electron chi connectivity index (χ1n) is 6.60. The molecule has 0 bridgehead atoms. The third-order valence-corrected chi connectivity index (χ3v) is 4.34. The van der Waals surface area contributed by atoms with Crippen LogP contribution >= 0.6 is 11.3 Å². The lowest BCUT2D eigenvalue weighted by atomic mass is 10.0. The third-order valence-electron chi connectivity index (χ3n) is 3.15. The van der Waals surface area contributed by atoms with Crippen LogP contribution in [0.3, 0.4) is 0 Å². The van der Waals surface area contributed by atoms with E-state index in [2.05, 4.69) is 19.2 Å². The molecule has 1 heterocycles. The van der Waals surface area contributed by atoms with E-state index >= 15 is 0 Å². The van der Waals surface area contributed by atoms with E-state index in [4.69, 9.17) is 5.11 Å². The Hall–Kier alpha value is -1.36. The normalized spacial score (nSPS) is 16.4. The average molecular weight is 281 g/mol. The first-order chi connectivity index (χ1) is 8.97. The van der Waals surface area contributed by atoms with Crippen LogP contribution in [-0.2, 0) is 4.79 Å². The highest BCUT2D eigenvalue weighted by molar-refractivity contribution is 7.14. The average Bonchev–Trinajstić information content (AvgIpc) is 3.04. The highest BCUT2D eigenvalue weighted by Gasteiger charge is 2.31. The second kappa shape index (κ2) is 5.74. The molecule has 1 amide bonds. The maximum atomic E-state index is 11.9. The quantitative estimate of drug-likeness (QED) is 0.842. The molecule has 1 aliphatic carbocycles. The van der Waals surface area contributed by atoms with Crippen LogP contribution in [0.1, 0.15) is 53.7 Å². The Labute approximate surface area is 116 Å². The number of aromatic carboxylic acids is 1. The highest BCUT2D eigenvalue weighted by atomic mass is 32.1. The number of hydrogen-bond acceptors (Lipinski definition) is 3. The predicted octanol–water partition coefficient (Wildman–Crippen LogP) is 3.06.